The molecule has 1 aromatic carbocycles. The summed E-state index contributed by atoms with van der Waals surface area (Å²) in [5, 5.41) is 0. The van der Waals surface area contributed by atoms with Crippen LogP contribution >= 0.6 is 0 Å². The molecule has 4 amide bonds. The highest BCUT2D eigenvalue weighted by Crippen LogP contribution is 2.26. The summed E-state index contributed by atoms with van der Waals surface area (Å²) >= 11 is 0. The van der Waals surface area contributed by atoms with Crippen molar-refractivity contribution < 1.29 is 19.2 Å². The monoisotopic (exact) mass is 344 g/mol. The van der Waals surface area contributed by atoms with Crippen molar-refractivity contribution in [3.63, 3.8) is 0 Å². The highest BCUT2D eigenvalue weighted by molar-refractivity contribution is 6.44. The van der Waals surface area contributed by atoms with Gasteiger partial charge < -0.3 is 0 Å². The molecule has 0 N–H and O–H groups in total. The maximum absolute atomic E-state index is 12.5. The Morgan fingerprint density at radius 2 is 1.56 bits per heavy atom. The van der Waals surface area contributed by atoms with Crippen molar-refractivity contribution in [2.75, 3.05) is 6.54 Å². The number of ketones is 1. The number of benzene rings is 1. The summed E-state index contributed by atoms with van der Waals surface area (Å²) in [5.41, 5.74) is 3.83. The SMILES string of the molecule is CC(=O)c1c(C)cc(C)c(CN2C(=O)C(=O)N(CC(C)C)C2=O)c1C. The van der Waals surface area contributed by atoms with E-state index in [1.807, 2.05) is 40.7 Å². The van der Waals surface area contributed by atoms with Gasteiger partial charge in [-0.15, -0.1) is 0 Å². The summed E-state index contributed by atoms with van der Waals surface area (Å²) in [6, 6.07) is 1.28. The zero-order valence-corrected chi connectivity index (χ0v) is 15.6. The van der Waals surface area contributed by atoms with E-state index < -0.39 is 17.8 Å². The first-order valence-electron chi connectivity index (χ1n) is 8.34. The van der Waals surface area contributed by atoms with Gasteiger partial charge in [-0.25, -0.2) is 4.79 Å². The maximum Gasteiger partial charge on any atom is 0.334 e. The van der Waals surface area contributed by atoms with Crippen LogP contribution in [0.25, 0.3) is 0 Å². The predicted octanol–water partition coefficient (Wildman–Crippen LogP) is 2.76. The van der Waals surface area contributed by atoms with Gasteiger partial charge >= 0.3 is 17.8 Å². The van der Waals surface area contributed by atoms with E-state index >= 15 is 0 Å². The Hall–Kier alpha value is -2.50. The van der Waals surface area contributed by atoms with Crippen molar-refractivity contribution in [1.82, 2.24) is 9.80 Å². The third-order valence-corrected chi connectivity index (χ3v) is 4.48. The van der Waals surface area contributed by atoms with Crippen LogP contribution in [0.1, 0.15) is 53.4 Å². The zero-order chi connectivity index (χ0) is 19.0. The average molecular weight is 344 g/mol. The van der Waals surface area contributed by atoms with Crippen LogP contribution in [0.15, 0.2) is 6.07 Å². The molecule has 6 nitrogen and oxygen atoms in total. The third-order valence-electron chi connectivity index (χ3n) is 4.48. The summed E-state index contributed by atoms with van der Waals surface area (Å²) in [4.78, 5) is 50.8. The van der Waals surface area contributed by atoms with Crippen molar-refractivity contribution in [3.05, 3.63) is 33.9 Å². The molecule has 1 aromatic rings. The fourth-order valence-corrected chi connectivity index (χ4v) is 3.39. The summed E-state index contributed by atoms with van der Waals surface area (Å²) in [6.07, 6.45) is 0. The van der Waals surface area contributed by atoms with Crippen molar-refractivity contribution in [2.24, 2.45) is 5.92 Å². The topological polar surface area (TPSA) is 74.8 Å². The summed E-state index contributed by atoms with van der Waals surface area (Å²) in [5.74, 6) is -1.58. The van der Waals surface area contributed by atoms with Crippen LogP contribution in [-0.2, 0) is 16.1 Å². The number of hydrogen-bond donors (Lipinski definition) is 0. The highest BCUT2D eigenvalue weighted by atomic mass is 16.2. The van der Waals surface area contributed by atoms with Gasteiger partial charge in [0.25, 0.3) is 0 Å². The van der Waals surface area contributed by atoms with E-state index in [1.165, 1.54) is 6.92 Å². The first-order chi connectivity index (χ1) is 11.6. The molecule has 1 fully saturated rings. The second-order valence-electron chi connectivity index (χ2n) is 7.03. The van der Waals surface area contributed by atoms with Crippen LogP contribution in [0, 0.1) is 26.7 Å². The van der Waals surface area contributed by atoms with Gasteiger partial charge in [0.1, 0.15) is 0 Å². The van der Waals surface area contributed by atoms with E-state index in [0.29, 0.717) is 5.56 Å². The Labute approximate surface area is 147 Å². The van der Waals surface area contributed by atoms with Crippen LogP contribution in [0.2, 0.25) is 0 Å². The smallest absolute Gasteiger partial charge is 0.294 e. The van der Waals surface area contributed by atoms with Crippen LogP contribution in [0.5, 0.6) is 0 Å². The van der Waals surface area contributed by atoms with Gasteiger partial charge in [0.05, 0.1) is 6.54 Å². The molecule has 25 heavy (non-hydrogen) atoms. The fraction of sp³-hybridized carbons (Fsp3) is 0.474. The van der Waals surface area contributed by atoms with Gasteiger partial charge in [-0.1, -0.05) is 19.9 Å². The number of rotatable bonds is 5. The van der Waals surface area contributed by atoms with Gasteiger partial charge in [-0.05, 0) is 55.9 Å². The lowest BCUT2D eigenvalue weighted by Crippen LogP contribution is -2.35. The lowest BCUT2D eigenvalue weighted by Gasteiger charge is -2.21. The Kier molecular flexibility index (Phi) is 5.11. The standard InChI is InChI=1S/C19H24N2O4/c1-10(2)8-20-17(23)18(24)21(19(20)25)9-15-11(3)7-12(4)16(13(15)5)14(6)22/h7,10H,8-9H2,1-6H3. The van der Waals surface area contributed by atoms with Crippen LogP contribution in [-0.4, -0.2) is 40.0 Å². The van der Waals surface area contributed by atoms with E-state index in [1.54, 1.807) is 0 Å². The van der Waals surface area contributed by atoms with Gasteiger partial charge in [0.15, 0.2) is 5.78 Å². The molecule has 0 radical (unpaired) electrons. The zero-order valence-electron chi connectivity index (χ0n) is 15.6. The molecule has 0 unspecified atom stereocenters. The number of imide groups is 2. The third kappa shape index (κ3) is 3.34. The number of amides is 4. The lowest BCUT2D eigenvalue weighted by molar-refractivity contribution is -0.143. The Bertz CT molecular complexity index is 780. The molecule has 0 aromatic heterocycles. The quantitative estimate of drug-likeness (QED) is 0.468. The van der Waals surface area contributed by atoms with Crippen molar-refractivity contribution in [3.8, 4) is 0 Å². The largest absolute Gasteiger partial charge is 0.334 e. The molecule has 0 atom stereocenters. The van der Waals surface area contributed by atoms with E-state index in [-0.39, 0.29) is 24.8 Å². The summed E-state index contributed by atoms with van der Waals surface area (Å²) in [7, 11) is 0. The predicted molar refractivity (Wildman–Crippen MR) is 93.2 cm³/mol. The Morgan fingerprint density at radius 1 is 1.00 bits per heavy atom. The molecule has 0 spiro atoms. The average Bonchev–Trinajstić information content (AvgIpc) is 2.67. The van der Waals surface area contributed by atoms with E-state index in [4.69, 9.17) is 0 Å². The molecule has 6 heteroatoms. The number of hydrogen-bond acceptors (Lipinski definition) is 4. The maximum atomic E-state index is 12.5. The lowest BCUT2D eigenvalue weighted by atomic mass is 9.91. The Morgan fingerprint density at radius 3 is 2.08 bits per heavy atom. The summed E-state index contributed by atoms with van der Waals surface area (Å²) < 4.78 is 0. The number of carbonyl (C=O) groups is 4. The van der Waals surface area contributed by atoms with Crippen molar-refractivity contribution in [1.29, 1.82) is 0 Å². The first kappa shape index (κ1) is 18.8. The highest BCUT2D eigenvalue weighted by Gasteiger charge is 2.44. The van der Waals surface area contributed by atoms with Crippen LogP contribution in [0.4, 0.5) is 4.79 Å². The molecule has 0 bridgehead atoms. The molecule has 1 saturated heterocycles. The normalized spacial score (nSPS) is 14.9. The molecule has 134 valence electrons. The number of nitrogens with zero attached hydrogens (tertiary/aromatic N) is 2. The molecule has 1 aliphatic heterocycles. The fourth-order valence-electron chi connectivity index (χ4n) is 3.39. The molecule has 0 saturated carbocycles. The van der Waals surface area contributed by atoms with Gasteiger partial charge in [0.2, 0.25) is 0 Å². The van der Waals surface area contributed by atoms with Crippen LogP contribution < -0.4 is 0 Å². The molecular weight excluding hydrogens is 320 g/mol. The van der Waals surface area contributed by atoms with E-state index in [9.17, 15) is 19.2 Å². The second-order valence-corrected chi connectivity index (χ2v) is 7.03. The minimum Gasteiger partial charge on any atom is -0.294 e. The molecule has 1 heterocycles. The number of aryl methyl sites for hydroxylation is 2. The van der Waals surface area contributed by atoms with Crippen molar-refractivity contribution in [2.45, 2.75) is 48.1 Å². The Balaban J connectivity index is 2.42. The number of carbonyl (C=O) groups excluding carboxylic acids is 4. The van der Waals surface area contributed by atoms with Gasteiger partial charge in [0, 0.05) is 12.1 Å². The summed E-state index contributed by atoms with van der Waals surface area (Å²) in [6.45, 7) is 11.0. The minimum atomic E-state index is -0.811. The number of urea groups is 1. The van der Waals surface area contributed by atoms with E-state index in [0.717, 1.165) is 32.1 Å². The van der Waals surface area contributed by atoms with Crippen molar-refractivity contribution >= 4 is 23.6 Å². The molecule has 1 aliphatic rings. The minimum absolute atomic E-state index is 0.00374. The molecule has 2 rings (SSSR count). The van der Waals surface area contributed by atoms with E-state index in [2.05, 4.69) is 0 Å². The van der Waals surface area contributed by atoms with Gasteiger partial charge in [-0.2, -0.15) is 0 Å². The first-order valence-corrected chi connectivity index (χ1v) is 8.34. The van der Waals surface area contributed by atoms with Crippen LogP contribution in [0.3, 0.4) is 0 Å². The second kappa shape index (κ2) is 6.78. The number of Topliss-reactive ketones (excluding diaryl/α,β-unsaturated/α-hetero) is 1. The van der Waals surface area contributed by atoms with Gasteiger partial charge in [-0.3, -0.25) is 24.2 Å². The molecule has 0 aliphatic carbocycles. The molecular formula is C19H24N2O4.